The van der Waals surface area contributed by atoms with Gasteiger partial charge in [-0.2, -0.15) is 0 Å². The molecule has 0 spiro atoms. The SMILES string of the molecule is [B]C(=O)Oc1ccc(C2OC(C)CC(c3ccccc3)O2)cc1. The maximum absolute atomic E-state index is 10.7. The largest absolute Gasteiger partial charge is 0.436 e. The number of carbonyl (C=O) groups is 1. The molecule has 0 amide bonds. The van der Waals surface area contributed by atoms with E-state index in [1.54, 1.807) is 12.1 Å². The first-order valence-corrected chi connectivity index (χ1v) is 7.55. The topological polar surface area (TPSA) is 44.8 Å². The second-order valence-corrected chi connectivity index (χ2v) is 5.54. The molecule has 0 aliphatic carbocycles. The van der Waals surface area contributed by atoms with Crippen molar-refractivity contribution in [2.24, 2.45) is 0 Å². The summed E-state index contributed by atoms with van der Waals surface area (Å²) in [6, 6.07) is 17.1. The Morgan fingerprint density at radius 3 is 2.39 bits per heavy atom. The van der Waals surface area contributed by atoms with Crippen LogP contribution in [-0.4, -0.2) is 19.8 Å². The second-order valence-electron chi connectivity index (χ2n) is 5.54. The highest BCUT2D eigenvalue weighted by Gasteiger charge is 2.29. The normalized spacial score (nSPS) is 24.1. The van der Waals surface area contributed by atoms with Crippen molar-refractivity contribution in [3.63, 3.8) is 0 Å². The molecule has 0 N–H and O–H groups in total. The summed E-state index contributed by atoms with van der Waals surface area (Å²) in [5.41, 5.74) is 2.01. The Bertz CT molecular complexity index is 656. The minimum absolute atomic E-state index is 0.00787. The lowest BCUT2D eigenvalue weighted by molar-refractivity contribution is -0.246. The summed E-state index contributed by atoms with van der Waals surface area (Å²) in [7, 11) is 5.00. The Morgan fingerprint density at radius 2 is 1.74 bits per heavy atom. The van der Waals surface area contributed by atoms with Crippen LogP contribution in [0.2, 0.25) is 0 Å². The van der Waals surface area contributed by atoms with E-state index in [2.05, 4.69) is 12.1 Å². The van der Waals surface area contributed by atoms with Crippen molar-refractivity contribution in [2.75, 3.05) is 0 Å². The van der Waals surface area contributed by atoms with E-state index in [1.165, 1.54) is 0 Å². The average molecular weight is 308 g/mol. The van der Waals surface area contributed by atoms with Crippen molar-refractivity contribution in [3.05, 3.63) is 65.7 Å². The van der Waals surface area contributed by atoms with Crippen molar-refractivity contribution in [1.29, 1.82) is 0 Å². The maximum Gasteiger partial charge on any atom is 0.241 e. The van der Waals surface area contributed by atoms with Gasteiger partial charge in [0.25, 0.3) is 0 Å². The lowest BCUT2D eigenvalue weighted by Gasteiger charge is -2.34. The van der Waals surface area contributed by atoms with Crippen LogP contribution in [0.15, 0.2) is 54.6 Å². The van der Waals surface area contributed by atoms with E-state index in [-0.39, 0.29) is 12.2 Å². The fourth-order valence-electron chi connectivity index (χ4n) is 2.65. The van der Waals surface area contributed by atoms with E-state index in [1.807, 2.05) is 37.3 Å². The van der Waals surface area contributed by atoms with Crippen molar-refractivity contribution in [1.82, 2.24) is 0 Å². The molecule has 0 saturated carbocycles. The van der Waals surface area contributed by atoms with Crippen LogP contribution in [0.1, 0.15) is 36.9 Å². The minimum atomic E-state index is -0.833. The van der Waals surface area contributed by atoms with Gasteiger partial charge in [0.1, 0.15) is 5.75 Å². The van der Waals surface area contributed by atoms with Gasteiger partial charge >= 0.3 is 0 Å². The summed E-state index contributed by atoms with van der Waals surface area (Å²) in [5, 5.41) is 0. The second kappa shape index (κ2) is 6.98. The summed E-state index contributed by atoms with van der Waals surface area (Å²) < 4.78 is 16.8. The molecule has 5 heteroatoms. The third-order valence-electron chi connectivity index (χ3n) is 3.73. The predicted octanol–water partition coefficient (Wildman–Crippen LogP) is 3.92. The van der Waals surface area contributed by atoms with Gasteiger partial charge in [0.15, 0.2) is 6.29 Å². The molecule has 1 heterocycles. The van der Waals surface area contributed by atoms with E-state index >= 15 is 0 Å². The Morgan fingerprint density at radius 1 is 1.04 bits per heavy atom. The Kier molecular flexibility index (Phi) is 4.79. The number of benzene rings is 2. The summed E-state index contributed by atoms with van der Waals surface area (Å²) in [4.78, 5) is 10.7. The molecule has 23 heavy (non-hydrogen) atoms. The van der Waals surface area contributed by atoms with Crippen LogP contribution in [0, 0.1) is 0 Å². The lowest BCUT2D eigenvalue weighted by atomic mass is 10.0. The molecule has 1 saturated heterocycles. The van der Waals surface area contributed by atoms with Crippen LogP contribution in [0.4, 0.5) is 4.79 Å². The lowest BCUT2D eigenvalue weighted by Crippen LogP contribution is -2.27. The van der Waals surface area contributed by atoms with Gasteiger partial charge in [-0.25, -0.2) is 0 Å². The van der Waals surface area contributed by atoms with Crippen molar-refractivity contribution >= 4 is 13.7 Å². The van der Waals surface area contributed by atoms with E-state index in [0.717, 1.165) is 17.5 Å². The number of hydrogen-bond acceptors (Lipinski definition) is 4. The molecule has 4 nitrogen and oxygen atoms in total. The van der Waals surface area contributed by atoms with Crippen LogP contribution in [0.25, 0.3) is 0 Å². The van der Waals surface area contributed by atoms with Gasteiger partial charge in [-0.15, -0.1) is 0 Å². The molecule has 3 unspecified atom stereocenters. The van der Waals surface area contributed by atoms with Crippen LogP contribution in [0.5, 0.6) is 5.75 Å². The van der Waals surface area contributed by atoms with Gasteiger partial charge in [-0.1, -0.05) is 42.5 Å². The molecule has 1 aliphatic rings. The van der Waals surface area contributed by atoms with Gasteiger partial charge in [0.05, 0.1) is 12.2 Å². The molecule has 0 bridgehead atoms. The van der Waals surface area contributed by atoms with Gasteiger partial charge in [0, 0.05) is 12.0 Å². The molecule has 3 atom stereocenters. The van der Waals surface area contributed by atoms with E-state index < -0.39 is 12.2 Å². The Balaban J connectivity index is 1.75. The predicted molar refractivity (Wildman–Crippen MR) is 86.4 cm³/mol. The number of rotatable bonds is 3. The summed E-state index contributed by atoms with van der Waals surface area (Å²) >= 11 is 0. The number of carbonyl (C=O) groups excluding carboxylic acids is 1. The highest BCUT2D eigenvalue weighted by atomic mass is 16.7. The summed E-state index contributed by atoms with van der Waals surface area (Å²) in [5.74, 6) is -0.439. The smallest absolute Gasteiger partial charge is 0.241 e. The molecule has 2 radical (unpaired) electrons. The fourth-order valence-corrected chi connectivity index (χ4v) is 2.65. The molecule has 2 aromatic rings. The van der Waals surface area contributed by atoms with Crippen LogP contribution in [0.3, 0.4) is 0 Å². The zero-order valence-corrected chi connectivity index (χ0v) is 12.8. The van der Waals surface area contributed by atoms with Crippen LogP contribution >= 0.6 is 0 Å². The van der Waals surface area contributed by atoms with E-state index in [4.69, 9.17) is 22.1 Å². The van der Waals surface area contributed by atoms with Crippen LogP contribution in [-0.2, 0) is 9.47 Å². The van der Waals surface area contributed by atoms with E-state index in [0.29, 0.717) is 5.75 Å². The third kappa shape index (κ3) is 4.00. The molecule has 1 aliphatic heterocycles. The summed E-state index contributed by atoms with van der Waals surface area (Å²) in [6.07, 6.45) is 0.433. The minimum Gasteiger partial charge on any atom is -0.436 e. The molecule has 3 rings (SSSR count). The van der Waals surface area contributed by atoms with Gasteiger partial charge in [-0.3, -0.25) is 4.79 Å². The molecular formula is C18H17BO4. The first-order valence-electron chi connectivity index (χ1n) is 7.55. The van der Waals surface area contributed by atoms with E-state index in [9.17, 15) is 4.79 Å². The highest BCUT2D eigenvalue weighted by molar-refractivity contribution is 6.55. The van der Waals surface area contributed by atoms with Gasteiger partial charge < -0.3 is 14.2 Å². The number of ether oxygens (including phenoxy) is 3. The zero-order valence-electron chi connectivity index (χ0n) is 12.8. The first kappa shape index (κ1) is 15.8. The van der Waals surface area contributed by atoms with Crippen molar-refractivity contribution in [2.45, 2.75) is 31.8 Å². The fraction of sp³-hybridized carbons (Fsp3) is 0.278. The van der Waals surface area contributed by atoms with Crippen molar-refractivity contribution in [3.8, 4) is 5.75 Å². The quantitative estimate of drug-likeness (QED) is 0.806. The molecular weight excluding hydrogens is 291 g/mol. The maximum atomic E-state index is 10.7. The zero-order chi connectivity index (χ0) is 16.2. The van der Waals surface area contributed by atoms with Gasteiger partial charge in [0.2, 0.25) is 13.7 Å². The molecule has 0 aromatic heterocycles. The molecule has 1 fully saturated rings. The molecule has 116 valence electrons. The number of hydrogen-bond donors (Lipinski definition) is 0. The van der Waals surface area contributed by atoms with Gasteiger partial charge in [-0.05, 0) is 24.6 Å². The van der Waals surface area contributed by atoms with Crippen molar-refractivity contribution < 1.29 is 19.0 Å². The Labute approximate surface area is 136 Å². The first-order chi connectivity index (χ1) is 11.1. The standard InChI is InChI=1S/C18H17BO4/c1-12-11-16(13-5-3-2-4-6-13)23-17(21-12)14-7-9-15(10-8-14)22-18(19)20/h2-10,12,16-17H,11H2,1H3. The van der Waals surface area contributed by atoms with Crippen LogP contribution < -0.4 is 4.74 Å². The highest BCUT2D eigenvalue weighted by Crippen LogP contribution is 2.37. The summed E-state index contributed by atoms with van der Waals surface area (Å²) in [6.45, 7) is 2.04. The monoisotopic (exact) mass is 308 g/mol. The molecule has 2 aromatic carbocycles. The Hall–Kier alpha value is -2.11. The third-order valence-corrected chi connectivity index (χ3v) is 3.73. The average Bonchev–Trinajstić information content (AvgIpc) is 2.55.